The summed E-state index contributed by atoms with van der Waals surface area (Å²) in [5.74, 6) is 1.29. The summed E-state index contributed by atoms with van der Waals surface area (Å²) < 4.78 is 13.1. The lowest BCUT2D eigenvalue weighted by Gasteiger charge is -2.05. The molecule has 1 rings (SSSR count). The van der Waals surface area contributed by atoms with E-state index in [2.05, 4.69) is 16.6 Å². The molecule has 0 aliphatic carbocycles. The molecule has 0 unspecified atom stereocenters. The first-order chi connectivity index (χ1) is 7.34. The molecule has 15 heavy (non-hydrogen) atoms. The first-order valence-corrected chi connectivity index (χ1v) is 6.57. The predicted molar refractivity (Wildman–Crippen MR) is 64.9 cm³/mol. The van der Waals surface area contributed by atoms with Crippen molar-refractivity contribution in [3.05, 3.63) is 24.1 Å². The van der Waals surface area contributed by atoms with Crippen LogP contribution in [0.1, 0.15) is 19.3 Å². The van der Waals surface area contributed by atoms with E-state index in [1.807, 2.05) is 11.8 Å². The molecule has 0 atom stereocenters. The number of nitrogens with zero attached hydrogens (tertiary/aromatic N) is 1. The van der Waals surface area contributed by atoms with Gasteiger partial charge < -0.3 is 5.32 Å². The van der Waals surface area contributed by atoms with E-state index in [4.69, 9.17) is 0 Å². The molecule has 1 aromatic heterocycles. The maximum atomic E-state index is 13.1. The van der Waals surface area contributed by atoms with Gasteiger partial charge in [0.05, 0.1) is 0 Å². The van der Waals surface area contributed by atoms with Crippen molar-refractivity contribution in [2.45, 2.75) is 19.3 Å². The minimum absolute atomic E-state index is 0.276. The van der Waals surface area contributed by atoms with Gasteiger partial charge in [0, 0.05) is 12.7 Å². The normalized spacial score (nSPS) is 10.3. The fourth-order valence-electron chi connectivity index (χ4n) is 1.27. The molecule has 0 aromatic carbocycles. The number of hydrogen-bond donors (Lipinski definition) is 1. The number of rotatable bonds is 7. The summed E-state index contributed by atoms with van der Waals surface area (Å²) in [6.07, 6.45) is 7.19. The van der Waals surface area contributed by atoms with Crippen LogP contribution in [0.5, 0.6) is 0 Å². The van der Waals surface area contributed by atoms with Crippen molar-refractivity contribution in [3.63, 3.8) is 0 Å². The van der Waals surface area contributed by atoms with Gasteiger partial charge in [-0.05, 0) is 37.0 Å². The van der Waals surface area contributed by atoms with Gasteiger partial charge in [0.15, 0.2) is 11.6 Å². The van der Waals surface area contributed by atoms with E-state index in [-0.39, 0.29) is 5.82 Å². The minimum atomic E-state index is -0.276. The van der Waals surface area contributed by atoms with Gasteiger partial charge in [-0.15, -0.1) is 0 Å². The Hall–Kier alpha value is -0.770. The SMILES string of the molecule is CSCCCCCNc1ncccc1F. The molecule has 1 heterocycles. The van der Waals surface area contributed by atoms with Crippen LogP contribution in [-0.2, 0) is 0 Å². The molecule has 0 spiro atoms. The van der Waals surface area contributed by atoms with Gasteiger partial charge in [-0.3, -0.25) is 0 Å². The lowest BCUT2D eigenvalue weighted by Crippen LogP contribution is -2.05. The fourth-order valence-corrected chi connectivity index (χ4v) is 1.76. The van der Waals surface area contributed by atoms with E-state index in [0.29, 0.717) is 5.82 Å². The topological polar surface area (TPSA) is 24.9 Å². The van der Waals surface area contributed by atoms with Gasteiger partial charge in [-0.25, -0.2) is 9.37 Å². The van der Waals surface area contributed by atoms with Crippen LogP contribution in [0.2, 0.25) is 0 Å². The van der Waals surface area contributed by atoms with E-state index in [0.717, 1.165) is 13.0 Å². The van der Waals surface area contributed by atoms with Gasteiger partial charge >= 0.3 is 0 Å². The minimum Gasteiger partial charge on any atom is -0.368 e. The third-order valence-corrected chi connectivity index (χ3v) is 2.77. The number of anilines is 1. The van der Waals surface area contributed by atoms with Crippen LogP contribution < -0.4 is 5.32 Å². The molecular weight excluding hydrogens is 211 g/mol. The molecule has 84 valence electrons. The summed E-state index contributed by atoms with van der Waals surface area (Å²) in [7, 11) is 0. The van der Waals surface area contributed by atoms with Crippen molar-refractivity contribution in [3.8, 4) is 0 Å². The van der Waals surface area contributed by atoms with Crippen LogP contribution in [0.15, 0.2) is 18.3 Å². The summed E-state index contributed by atoms with van der Waals surface area (Å²) >= 11 is 1.87. The van der Waals surface area contributed by atoms with E-state index >= 15 is 0 Å². The Bertz CT molecular complexity index is 281. The highest BCUT2D eigenvalue weighted by Crippen LogP contribution is 2.09. The molecule has 2 nitrogen and oxygen atoms in total. The van der Waals surface area contributed by atoms with Crippen molar-refractivity contribution in [2.75, 3.05) is 23.9 Å². The summed E-state index contributed by atoms with van der Waals surface area (Å²) in [6.45, 7) is 0.794. The van der Waals surface area contributed by atoms with Crippen LogP contribution in [-0.4, -0.2) is 23.5 Å². The van der Waals surface area contributed by atoms with E-state index < -0.39 is 0 Å². The number of thioether (sulfide) groups is 1. The predicted octanol–water partition coefficient (Wildman–Crippen LogP) is 3.17. The second-order valence-electron chi connectivity index (χ2n) is 3.31. The van der Waals surface area contributed by atoms with E-state index in [1.54, 1.807) is 12.3 Å². The van der Waals surface area contributed by atoms with Crippen molar-refractivity contribution < 1.29 is 4.39 Å². The first kappa shape index (κ1) is 12.3. The smallest absolute Gasteiger partial charge is 0.165 e. The quantitative estimate of drug-likeness (QED) is 0.726. The molecule has 0 saturated heterocycles. The van der Waals surface area contributed by atoms with Crippen molar-refractivity contribution in [1.29, 1.82) is 0 Å². The molecule has 0 amide bonds. The second kappa shape index (κ2) is 7.51. The first-order valence-electron chi connectivity index (χ1n) is 5.18. The highest BCUT2D eigenvalue weighted by molar-refractivity contribution is 7.98. The van der Waals surface area contributed by atoms with Gasteiger partial charge in [0.2, 0.25) is 0 Å². The number of unbranched alkanes of at least 4 members (excludes halogenated alkanes) is 2. The maximum Gasteiger partial charge on any atom is 0.165 e. The summed E-state index contributed by atoms with van der Waals surface area (Å²) in [5, 5.41) is 3.00. The zero-order chi connectivity index (χ0) is 10.9. The monoisotopic (exact) mass is 228 g/mol. The summed E-state index contributed by atoms with van der Waals surface area (Å²) in [4.78, 5) is 3.92. The number of pyridine rings is 1. The van der Waals surface area contributed by atoms with E-state index in [9.17, 15) is 4.39 Å². The van der Waals surface area contributed by atoms with Crippen LogP contribution >= 0.6 is 11.8 Å². The largest absolute Gasteiger partial charge is 0.368 e. The fraction of sp³-hybridized carbons (Fsp3) is 0.545. The van der Waals surface area contributed by atoms with Crippen molar-refractivity contribution in [2.24, 2.45) is 0 Å². The zero-order valence-electron chi connectivity index (χ0n) is 9.00. The summed E-state index contributed by atoms with van der Waals surface area (Å²) in [6, 6.07) is 3.02. The van der Waals surface area contributed by atoms with Crippen LogP contribution in [0.3, 0.4) is 0 Å². The molecule has 0 saturated carbocycles. The van der Waals surface area contributed by atoms with Crippen LogP contribution in [0.25, 0.3) is 0 Å². The van der Waals surface area contributed by atoms with Crippen LogP contribution in [0.4, 0.5) is 10.2 Å². The molecule has 1 aromatic rings. The highest BCUT2D eigenvalue weighted by Gasteiger charge is 1.99. The van der Waals surface area contributed by atoms with Crippen molar-refractivity contribution >= 4 is 17.6 Å². The summed E-state index contributed by atoms with van der Waals surface area (Å²) in [5.41, 5.74) is 0. The molecule has 0 aliphatic heterocycles. The van der Waals surface area contributed by atoms with Gasteiger partial charge in [-0.2, -0.15) is 11.8 Å². The lowest BCUT2D eigenvalue weighted by molar-refractivity contribution is 0.622. The Morgan fingerprint density at radius 2 is 2.27 bits per heavy atom. The Kier molecular flexibility index (Phi) is 6.16. The Morgan fingerprint density at radius 1 is 1.40 bits per heavy atom. The molecule has 0 aliphatic rings. The third kappa shape index (κ3) is 5.02. The van der Waals surface area contributed by atoms with E-state index in [1.165, 1.54) is 24.7 Å². The lowest BCUT2D eigenvalue weighted by atomic mass is 10.2. The van der Waals surface area contributed by atoms with Crippen LogP contribution in [0, 0.1) is 5.82 Å². The molecule has 4 heteroatoms. The van der Waals surface area contributed by atoms with Gasteiger partial charge in [0.25, 0.3) is 0 Å². The number of hydrogen-bond acceptors (Lipinski definition) is 3. The molecule has 0 radical (unpaired) electrons. The average molecular weight is 228 g/mol. The number of halogens is 1. The van der Waals surface area contributed by atoms with Crippen molar-refractivity contribution in [1.82, 2.24) is 4.98 Å². The zero-order valence-corrected chi connectivity index (χ0v) is 9.82. The molecule has 1 N–H and O–H groups in total. The maximum absolute atomic E-state index is 13.1. The Balaban J connectivity index is 2.12. The highest BCUT2D eigenvalue weighted by atomic mass is 32.2. The average Bonchev–Trinajstić information content (AvgIpc) is 2.25. The number of nitrogens with one attached hydrogen (secondary N) is 1. The Morgan fingerprint density at radius 3 is 3.00 bits per heavy atom. The Labute approximate surface area is 94.7 Å². The number of aromatic nitrogens is 1. The van der Waals surface area contributed by atoms with Gasteiger partial charge in [0.1, 0.15) is 0 Å². The third-order valence-electron chi connectivity index (χ3n) is 2.08. The molecule has 0 fully saturated rings. The second-order valence-corrected chi connectivity index (χ2v) is 4.30. The standard InChI is InChI=1S/C11H17FN2S/c1-15-9-4-2-3-7-13-11-10(12)6-5-8-14-11/h5-6,8H,2-4,7,9H2,1H3,(H,13,14). The molecular formula is C11H17FN2S. The molecule has 0 bridgehead atoms. The van der Waals surface area contributed by atoms with Gasteiger partial charge in [-0.1, -0.05) is 6.42 Å².